The van der Waals surface area contributed by atoms with Gasteiger partial charge >= 0.3 is 5.97 Å². The number of unbranched alkanes of at least 4 members (excludes halogenated alkanes) is 27. The molecule has 0 saturated heterocycles. The molecule has 52 heavy (non-hydrogen) atoms. The SMILES string of the molecule is CCCCCCCCCCCCCC(=O)OCCCCC/C=C\C=C/CCCCCCCCC(=O)NC(CO)C(O)CCCCCCCCCCC. The Bertz CT molecular complexity index is 813. The molecule has 0 aliphatic rings. The van der Waals surface area contributed by atoms with Crippen molar-refractivity contribution in [2.45, 2.75) is 244 Å². The summed E-state index contributed by atoms with van der Waals surface area (Å²) in [6, 6.07) is -0.554. The van der Waals surface area contributed by atoms with Gasteiger partial charge in [-0.3, -0.25) is 9.59 Å². The Morgan fingerprint density at radius 2 is 0.942 bits per heavy atom. The monoisotopic (exact) mass is 734 g/mol. The van der Waals surface area contributed by atoms with E-state index < -0.39 is 12.1 Å². The number of esters is 1. The molecule has 2 atom stereocenters. The van der Waals surface area contributed by atoms with Crippen molar-refractivity contribution in [2.75, 3.05) is 13.2 Å². The average Bonchev–Trinajstić information content (AvgIpc) is 3.14. The van der Waals surface area contributed by atoms with Crippen molar-refractivity contribution in [2.24, 2.45) is 0 Å². The van der Waals surface area contributed by atoms with Gasteiger partial charge in [-0.2, -0.15) is 0 Å². The van der Waals surface area contributed by atoms with Crippen molar-refractivity contribution in [1.82, 2.24) is 5.32 Å². The number of carbonyl (C=O) groups excluding carboxylic acids is 2. The number of ether oxygens (including phenoxy) is 1. The molecule has 0 fully saturated rings. The Balaban J connectivity index is 3.53. The van der Waals surface area contributed by atoms with Gasteiger partial charge in [0, 0.05) is 12.8 Å². The number of carbonyl (C=O) groups is 2. The fourth-order valence-corrected chi connectivity index (χ4v) is 6.74. The summed E-state index contributed by atoms with van der Waals surface area (Å²) in [4.78, 5) is 24.3. The van der Waals surface area contributed by atoms with Crippen LogP contribution in [0.1, 0.15) is 232 Å². The number of hydrogen-bond donors (Lipinski definition) is 3. The lowest BCUT2D eigenvalue weighted by atomic mass is 10.0. The van der Waals surface area contributed by atoms with Crippen LogP contribution in [0.5, 0.6) is 0 Å². The molecule has 6 nitrogen and oxygen atoms in total. The molecule has 1 amide bonds. The summed E-state index contributed by atoms with van der Waals surface area (Å²) in [5.41, 5.74) is 0. The van der Waals surface area contributed by atoms with Crippen molar-refractivity contribution < 1.29 is 24.5 Å². The topological polar surface area (TPSA) is 95.9 Å². The summed E-state index contributed by atoms with van der Waals surface area (Å²) in [5.74, 6) is -0.0840. The van der Waals surface area contributed by atoms with Crippen LogP contribution in [-0.4, -0.2) is 47.4 Å². The molecule has 0 aromatic rings. The molecule has 306 valence electrons. The molecule has 0 bridgehead atoms. The number of hydrogen-bond acceptors (Lipinski definition) is 5. The van der Waals surface area contributed by atoms with Crippen LogP contribution < -0.4 is 5.32 Å². The quantitative estimate of drug-likeness (QED) is 0.0330. The van der Waals surface area contributed by atoms with Gasteiger partial charge in [-0.1, -0.05) is 186 Å². The summed E-state index contributed by atoms with van der Waals surface area (Å²) in [6.45, 7) is 4.85. The third kappa shape index (κ3) is 38.1. The Morgan fingerprint density at radius 1 is 0.538 bits per heavy atom. The molecule has 3 N–H and O–H groups in total. The Hall–Kier alpha value is -1.66. The molecule has 0 aliphatic heterocycles. The zero-order chi connectivity index (χ0) is 38.0. The lowest BCUT2D eigenvalue weighted by Crippen LogP contribution is -2.45. The highest BCUT2D eigenvalue weighted by Crippen LogP contribution is 2.15. The summed E-state index contributed by atoms with van der Waals surface area (Å²) >= 11 is 0. The van der Waals surface area contributed by atoms with E-state index in [4.69, 9.17) is 4.74 Å². The number of aliphatic hydroxyl groups excluding tert-OH is 2. The summed E-state index contributed by atoms with van der Waals surface area (Å²) in [5, 5.41) is 23.0. The minimum Gasteiger partial charge on any atom is -0.466 e. The van der Waals surface area contributed by atoms with Crippen LogP contribution in [-0.2, 0) is 14.3 Å². The predicted octanol–water partition coefficient (Wildman–Crippen LogP) is 12.8. The highest BCUT2D eigenvalue weighted by Gasteiger charge is 2.20. The highest BCUT2D eigenvalue weighted by atomic mass is 16.5. The number of allylic oxidation sites excluding steroid dienone is 4. The Labute approximate surface area is 322 Å². The van der Waals surface area contributed by atoms with Crippen molar-refractivity contribution in [3.63, 3.8) is 0 Å². The minimum atomic E-state index is -0.675. The van der Waals surface area contributed by atoms with Gasteiger partial charge < -0.3 is 20.3 Å². The van der Waals surface area contributed by atoms with Crippen LogP contribution in [0.4, 0.5) is 0 Å². The molecule has 0 saturated carbocycles. The maximum absolute atomic E-state index is 12.3. The van der Waals surface area contributed by atoms with Gasteiger partial charge in [-0.05, 0) is 57.8 Å². The standard InChI is InChI=1S/C46H87NO5/c1-3-5-7-9-11-13-19-24-28-32-36-40-46(51)52-41-37-33-29-25-21-18-16-14-15-17-20-23-27-31-35-39-45(50)47-43(42-48)44(49)38-34-30-26-22-12-10-8-6-4-2/h14,16,18,21,43-44,48-49H,3-13,15,17,19-20,22-42H2,1-2H3,(H,47,50)/b16-14-,21-18-. The average molecular weight is 734 g/mol. The summed E-state index contributed by atoms with van der Waals surface area (Å²) in [7, 11) is 0. The van der Waals surface area contributed by atoms with E-state index in [-0.39, 0.29) is 18.5 Å². The second-order valence-corrected chi connectivity index (χ2v) is 15.4. The number of nitrogens with one attached hydrogen (secondary N) is 1. The van der Waals surface area contributed by atoms with Gasteiger partial charge in [0.05, 0.1) is 25.4 Å². The lowest BCUT2D eigenvalue weighted by Gasteiger charge is -2.22. The van der Waals surface area contributed by atoms with Gasteiger partial charge in [0.25, 0.3) is 0 Å². The second-order valence-electron chi connectivity index (χ2n) is 15.4. The molecular formula is C46H87NO5. The van der Waals surface area contributed by atoms with Crippen LogP contribution >= 0.6 is 0 Å². The van der Waals surface area contributed by atoms with Crippen LogP contribution in [0.3, 0.4) is 0 Å². The van der Waals surface area contributed by atoms with E-state index >= 15 is 0 Å². The van der Waals surface area contributed by atoms with Gasteiger partial charge in [0.1, 0.15) is 0 Å². The minimum absolute atomic E-state index is 0.0230. The molecule has 0 radical (unpaired) electrons. The van der Waals surface area contributed by atoms with E-state index in [0.717, 1.165) is 77.0 Å². The van der Waals surface area contributed by atoms with Crippen LogP contribution in [0.2, 0.25) is 0 Å². The maximum atomic E-state index is 12.3. The zero-order valence-corrected chi connectivity index (χ0v) is 34.5. The number of aliphatic hydroxyl groups is 2. The fourth-order valence-electron chi connectivity index (χ4n) is 6.74. The summed E-state index contributed by atoms with van der Waals surface area (Å²) in [6.07, 6.45) is 47.1. The molecule has 0 aliphatic carbocycles. The molecular weight excluding hydrogens is 647 g/mol. The zero-order valence-electron chi connectivity index (χ0n) is 34.5. The first-order valence-corrected chi connectivity index (χ1v) is 22.6. The summed E-state index contributed by atoms with van der Waals surface area (Å²) < 4.78 is 5.41. The Kier molecular flexibility index (Phi) is 40.7. The third-order valence-corrected chi connectivity index (χ3v) is 10.3. The van der Waals surface area contributed by atoms with Crippen LogP contribution in [0, 0.1) is 0 Å². The predicted molar refractivity (Wildman–Crippen MR) is 223 cm³/mol. The third-order valence-electron chi connectivity index (χ3n) is 10.3. The van der Waals surface area contributed by atoms with Crippen molar-refractivity contribution in [3.8, 4) is 0 Å². The smallest absolute Gasteiger partial charge is 0.305 e. The van der Waals surface area contributed by atoms with Gasteiger partial charge in [-0.15, -0.1) is 0 Å². The molecule has 0 rings (SSSR count). The normalized spacial score (nSPS) is 12.9. The highest BCUT2D eigenvalue weighted by molar-refractivity contribution is 5.76. The van der Waals surface area contributed by atoms with E-state index in [1.54, 1.807) is 0 Å². The van der Waals surface area contributed by atoms with Gasteiger partial charge in [-0.25, -0.2) is 0 Å². The van der Waals surface area contributed by atoms with Gasteiger partial charge in [0.2, 0.25) is 5.91 Å². The maximum Gasteiger partial charge on any atom is 0.305 e. The van der Waals surface area contributed by atoms with Crippen molar-refractivity contribution in [1.29, 1.82) is 0 Å². The van der Waals surface area contributed by atoms with E-state index in [2.05, 4.69) is 43.5 Å². The van der Waals surface area contributed by atoms with Crippen molar-refractivity contribution >= 4 is 11.9 Å². The first-order valence-electron chi connectivity index (χ1n) is 22.6. The van der Waals surface area contributed by atoms with Gasteiger partial charge in [0.15, 0.2) is 0 Å². The second kappa shape index (κ2) is 42.1. The van der Waals surface area contributed by atoms with E-state index in [1.807, 2.05) is 0 Å². The lowest BCUT2D eigenvalue weighted by molar-refractivity contribution is -0.143. The molecule has 0 aromatic carbocycles. The number of amides is 1. The first kappa shape index (κ1) is 50.3. The molecule has 0 aromatic heterocycles. The molecule has 0 heterocycles. The molecule has 6 heteroatoms. The van der Waals surface area contributed by atoms with Crippen LogP contribution in [0.25, 0.3) is 0 Å². The first-order chi connectivity index (χ1) is 25.5. The van der Waals surface area contributed by atoms with Crippen LogP contribution in [0.15, 0.2) is 24.3 Å². The van der Waals surface area contributed by atoms with Crippen molar-refractivity contribution in [3.05, 3.63) is 24.3 Å². The Morgan fingerprint density at radius 3 is 1.42 bits per heavy atom. The van der Waals surface area contributed by atoms with E-state index in [9.17, 15) is 19.8 Å². The number of rotatable bonds is 41. The fraction of sp³-hybridized carbons (Fsp3) is 0.870. The van der Waals surface area contributed by atoms with E-state index in [1.165, 1.54) is 122 Å². The largest absolute Gasteiger partial charge is 0.466 e. The molecule has 0 spiro atoms. The van der Waals surface area contributed by atoms with E-state index in [0.29, 0.717) is 25.9 Å². The molecule has 2 unspecified atom stereocenters.